The highest BCUT2D eigenvalue weighted by molar-refractivity contribution is 6.40. The Bertz CT molecular complexity index is 522. The van der Waals surface area contributed by atoms with Crippen molar-refractivity contribution in [2.75, 3.05) is 38.5 Å². The lowest BCUT2D eigenvalue weighted by atomic mass is 10.1. The highest BCUT2D eigenvalue weighted by Gasteiger charge is 2.23. The van der Waals surface area contributed by atoms with Gasteiger partial charge in [0.25, 0.3) is 0 Å². The molecule has 116 valence electrons. The summed E-state index contributed by atoms with van der Waals surface area (Å²) in [5.74, 6) is 0.545. The van der Waals surface area contributed by atoms with Crippen LogP contribution in [0.4, 0.5) is 5.69 Å². The number of likely N-dealkylation sites (tertiary alicyclic amines) is 1. The van der Waals surface area contributed by atoms with Gasteiger partial charge in [0.15, 0.2) is 0 Å². The van der Waals surface area contributed by atoms with Crippen molar-refractivity contribution in [3.63, 3.8) is 0 Å². The molecule has 1 saturated heterocycles. The van der Waals surface area contributed by atoms with Crippen molar-refractivity contribution in [2.45, 2.75) is 13.3 Å². The second kappa shape index (κ2) is 7.45. The maximum absolute atomic E-state index is 12.2. The number of nitrogens with zero attached hydrogens (tertiary/aromatic N) is 1. The van der Waals surface area contributed by atoms with Crippen LogP contribution in [0.3, 0.4) is 0 Å². The smallest absolute Gasteiger partial charge is 0.238 e. The molecule has 1 heterocycles. The second-order valence-corrected chi connectivity index (χ2v) is 6.33. The number of halogens is 2. The molecule has 0 spiro atoms. The van der Waals surface area contributed by atoms with Gasteiger partial charge in [0.2, 0.25) is 5.91 Å². The van der Waals surface area contributed by atoms with Crippen LogP contribution in [0.5, 0.6) is 0 Å². The van der Waals surface area contributed by atoms with E-state index in [0.717, 1.165) is 31.6 Å². The van der Waals surface area contributed by atoms with Crippen LogP contribution in [0.15, 0.2) is 12.1 Å². The van der Waals surface area contributed by atoms with E-state index in [4.69, 9.17) is 23.2 Å². The van der Waals surface area contributed by atoms with Crippen molar-refractivity contribution >= 4 is 34.8 Å². The number of aryl methyl sites for hydroxylation is 1. The summed E-state index contributed by atoms with van der Waals surface area (Å²) in [4.78, 5) is 14.3. The number of carbonyl (C=O) groups is 1. The Morgan fingerprint density at radius 3 is 2.90 bits per heavy atom. The minimum Gasteiger partial charge on any atom is -0.322 e. The fourth-order valence-corrected chi connectivity index (χ4v) is 3.13. The predicted molar refractivity (Wildman–Crippen MR) is 88.3 cm³/mol. The molecule has 1 atom stereocenters. The van der Waals surface area contributed by atoms with E-state index in [1.165, 1.54) is 0 Å². The van der Waals surface area contributed by atoms with Crippen molar-refractivity contribution in [2.24, 2.45) is 5.92 Å². The van der Waals surface area contributed by atoms with E-state index in [1.54, 1.807) is 6.07 Å². The molecule has 0 saturated carbocycles. The lowest BCUT2D eigenvalue weighted by Gasteiger charge is -2.17. The van der Waals surface area contributed by atoms with Gasteiger partial charge in [0, 0.05) is 6.54 Å². The van der Waals surface area contributed by atoms with Crippen molar-refractivity contribution in [3.8, 4) is 0 Å². The molecule has 1 aliphatic rings. The molecule has 2 rings (SSSR count). The molecule has 21 heavy (non-hydrogen) atoms. The van der Waals surface area contributed by atoms with Crippen LogP contribution < -0.4 is 10.6 Å². The van der Waals surface area contributed by atoms with Gasteiger partial charge in [0.05, 0.1) is 22.3 Å². The second-order valence-electron chi connectivity index (χ2n) is 5.55. The van der Waals surface area contributed by atoms with Crippen molar-refractivity contribution in [1.29, 1.82) is 0 Å². The highest BCUT2D eigenvalue weighted by atomic mass is 35.5. The standard InChI is InChI=1S/C15H21Cl2N3O/c1-10-3-4-12(16)15(14(10)17)19-13(21)9-20-6-5-11(8-20)7-18-2/h3-4,11,18H,5-9H2,1-2H3,(H,19,21). The average Bonchev–Trinajstić information content (AvgIpc) is 2.87. The van der Waals surface area contributed by atoms with E-state index < -0.39 is 0 Å². The molecule has 1 amide bonds. The van der Waals surface area contributed by atoms with E-state index in [-0.39, 0.29) is 5.91 Å². The summed E-state index contributed by atoms with van der Waals surface area (Å²) in [6, 6.07) is 3.58. The van der Waals surface area contributed by atoms with Gasteiger partial charge in [0.1, 0.15) is 0 Å². The average molecular weight is 330 g/mol. The van der Waals surface area contributed by atoms with Crippen LogP contribution >= 0.6 is 23.2 Å². The third-order valence-corrected chi connectivity index (χ3v) is 4.58. The zero-order chi connectivity index (χ0) is 15.4. The third-order valence-electron chi connectivity index (χ3n) is 3.78. The molecule has 1 aromatic rings. The quantitative estimate of drug-likeness (QED) is 0.873. The van der Waals surface area contributed by atoms with Crippen LogP contribution in [0.1, 0.15) is 12.0 Å². The predicted octanol–water partition coefficient (Wildman–Crippen LogP) is 2.78. The maximum Gasteiger partial charge on any atom is 0.238 e. The Hall–Kier alpha value is -0.810. The van der Waals surface area contributed by atoms with Crippen molar-refractivity contribution in [1.82, 2.24) is 10.2 Å². The van der Waals surface area contributed by atoms with Crippen LogP contribution in [0.2, 0.25) is 10.0 Å². The van der Waals surface area contributed by atoms with Gasteiger partial charge in [-0.2, -0.15) is 0 Å². The first-order valence-corrected chi connectivity index (χ1v) is 7.88. The van der Waals surface area contributed by atoms with Gasteiger partial charge >= 0.3 is 0 Å². The lowest BCUT2D eigenvalue weighted by Crippen LogP contribution is -2.32. The van der Waals surface area contributed by atoms with E-state index in [9.17, 15) is 4.79 Å². The van der Waals surface area contributed by atoms with Crippen molar-refractivity contribution < 1.29 is 4.79 Å². The normalized spacial score (nSPS) is 19.0. The van der Waals surface area contributed by atoms with E-state index >= 15 is 0 Å². The third kappa shape index (κ3) is 4.33. The Balaban J connectivity index is 1.93. The maximum atomic E-state index is 12.2. The summed E-state index contributed by atoms with van der Waals surface area (Å²) in [5.41, 5.74) is 1.40. The molecule has 0 aromatic heterocycles. The van der Waals surface area contributed by atoms with Crippen LogP contribution in [0.25, 0.3) is 0 Å². The summed E-state index contributed by atoms with van der Waals surface area (Å²) in [6.45, 7) is 5.16. The lowest BCUT2D eigenvalue weighted by molar-refractivity contribution is -0.117. The number of amides is 1. The van der Waals surface area contributed by atoms with Gasteiger partial charge in [-0.1, -0.05) is 29.3 Å². The molecule has 0 aliphatic carbocycles. The molecule has 0 radical (unpaired) electrons. The van der Waals surface area contributed by atoms with E-state index in [2.05, 4.69) is 15.5 Å². The summed E-state index contributed by atoms with van der Waals surface area (Å²) in [5, 5.41) is 6.99. The molecule has 1 aliphatic heterocycles. The minimum absolute atomic E-state index is 0.0745. The van der Waals surface area contributed by atoms with E-state index in [0.29, 0.717) is 28.2 Å². The number of hydrogen-bond donors (Lipinski definition) is 2. The zero-order valence-corrected chi connectivity index (χ0v) is 13.9. The monoisotopic (exact) mass is 329 g/mol. The number of nitrogens with one attached hydrogen (secondary N) is 2. The van der Waals surface area contributed by atoms with Gasteiger partial charge in [-0.3, -0.25) is 9.69 Å². The molecule has 1 aromatic carbocycles. The summed E-state index contributed by atoms with van der Waals surface area (Å²) in [7, 11) is 1.96. The van der Waals surface area contributed by atoms with Crippen LogP contribution in [-0.4, -0.2) is 44.0 Å². The number of hydrogen-bond acceptors (Lipinski definition) is 3. The Labute approximate surface area is 135 Å². The summed E-state index contributed by atoms with van der Waals surface area (Å²) < 4.78 is 0. The largest absolute Gasteiger partial charge is 0.322 e. The van der Waals surface area contributed by atoms with Crippen LogP contribution in [-0.2, 0) is 4.79 Å². The minimum atomic E-state index is -0.0745. The number of rotatable bonds is 5. The molecular weight excluding hydrogens is 309 g/mol. The molecule has 4 nitrogen and oxygen atoms in total. The highest BCUT2D eigenvalue weighted by Crippen LogP contribution is 2.32. The molecular formula is C15H21Cl2N3O. The first-order chi connectivity index (χ1) is 10.0. The molecule has 6 heteroatoms. The SMILES string of the molecule is CNCC1CCN(CC(=O)Nc2c(Cl)ccc(C)c2Cl)C1. The Morgan fingerprint density at radius 1 is 1.43 bits per heavy atom. The fourth-order valence-electron chi connectivity index (χ4n) is 2.67. The number of benzene rings is 1. The topological polar surface area (TPSA) is 44.4 Å². The molecule has 1 unspecified atom stereocenters. The van der Waals surface area contributed by atoms with Gasteiger partial charge in [-0.15, -0.1) is 0 Å². The molecule has 2 N–H and O–H groups in total. The number of carbonyl (C=O) groups excluding carboxylic acids is 1. The summed E-state index contributed by atoms with van der Waals surface area (Å²) in [6.07, 6.45) is 1.13. The van der Waals surface area contributed by atoms with Gasteiger partial charge in [-0.05, 0) is 51.0 Å². The molecule has 0 bridgehead atoms. The van der Waals surface area contributed by atoms with Gasteiger partial charge in [-0.25, -0.2) is 0 Å². The Morgan fingerprint density at radius 2 is 2.19 bits per heavy atom. The summed E-state index contributed by atoms with van der Waals surface area (Å²) >= 11 is 12.3. The fraction of sp³-hybridized carbons (Fsp3) is 0.533. The molecule has 1 fully saturated rings. The first kappa shape index (κ1) is 16.6. The van der Waals surface area contributed by atoms with Gasteiger partial charge < -0.3 is 10.6 Å². The van der Waals surface area contributed by atoms with E-state index in [1.807, 2.05) is 20.0 Å². The van der Waals surface area contributed by atoms with Crippen molar-refractivity contribution in [3.05, 3.63) is 27.7 Å². The Kier molecular flexibility index (Phi) is 5.88. The zero-order valence-electron chi connectivity index (χ0n) is 12.4. The number of anilines is 1. The van der Waals surface area contributed by atoms with Crippen LogP contribution in [0, 0.1) is 12.8 Å². The first-order valence-electron chi connectivity index (χ1n) is 7.12.